The Morgan fingerprint density at radius 2 is 2.00 bits per heavy atom. The molecule has 0 aliphatic rings. The summed E-state index contributed by atoms with van der Waals surface area (Å²) in [4.78, 5) is 13.5. The van der Waals surface area contributed by atoms with E-state index >= 15 is 0 Å². The molecule has 2 rings (SSSR count). The van der Waals surface area contributed by atoms with E-state index in [1.165, 1.54) is 6.07 Å². The van der Waals surface area contributed by atoms with E-state index in [1.54, 1.807) is 12.1 Å². The maximum atomic E-state index is 10.7. The molecule has 5 heteroatoms. The van der Waals surface area contributed by atoms with Crippen LogP contribution in [0.3, 0.4) is 0 Å². The number of H-pyrrole nitrogens is 1. The quantitative estimate of drug-likeness (QED) is 0.547. The van der Waals surface area contributed by atoms with Crippen molar-refractivity contribution < 1.29 is 27.3 Å². The summed E-state index contributed by atoms with van der Waals surface area (Å²) in [5.41, 5.74) is 7.04. The number of carboxylic acids is 1. The molecule has 0 amide bonds. The van der Waals surface area contributed by atoms with Gasteiger partial charge in [-0.15, -0.1) is 0 Å². The van der Waals surface area contributed by atoms with Gasteiger partial charge in [0.15, 0.2) is 0 Å². The second kappa shape index (κ2) is 4.14. The normalized spacial score (nSPS) is 9.60. The molecular weight excluding hydrogens is 216 g/mol. The Kier molecular flexibility index (Phi) is 3.11. The van der Waals surface area contributed by atoms with E-state index in [-0.39, 0.29) is 18.1 Å². The van der Waals surface area contributed by atoms with Crippen molar-refractivity contribution in [1.29, 1.82) is 0 Å². The largest absolute Gasteiger partial charge is 1.00 e. The predicted molar refractivity (Wildman–Crippen MR) is 51.9 cm³/mol. The van der Waals surface area contributed by atoms with Gasteiger partial charge in [-0.2, -0.15) is 4.98 Å². The molecule has 0 unspecified atom stereocenters. The Morgan fingerprint density at radius 3 is 2.67 bits per heavy atom. The number of nitrogen functional groups attached to an aromatic ring is 1. The summed E-state index contributed by atoms with van der Waals surface area (Å²) in [6.07, 6.45) is 0. The molecule has 15 heavy (non-hydrogen) atoms. The number of carbonyl (C=O) groups is 1. The van der Waals surface area contributed by atoms with Crippen molar-refractivity contribution in [1.82, 2.24) is 0 Å². The van der Waals surface area contributed by atoms with E-state index in [1.807, 2.05) is 12.1 Å². The summed E-state index contributed by atoms with van der Waals surface area (Å²) in [6, 6.07) is 8.67. The van der Waals surface area contributed by atoms with Gasteiger partial charge in [0.2, 0.25) is 5.52 Å². The van der Waals surface area contributed by atoms with E-state index in [0.29, 0.717) is 11.2 Å². The molecule has 1 heterocycles. The SMILES string of the molecule is Nc1cccc2ccc(C(=O)O)[nH+]c12.[Cl-]. The van der Waals surface area contributed by atoms with Gasteiger partial charge < -0.3 is 23.2 Å². The molecule has 4 N–H and O–H groups in total. The fourth-order valence-corrected chi connectivity index (χ4v) is 1.35. The first-order valence-electron chi connectivity index (χ1n) is 4.12. The third-order valence-corrected chi connectivity index (χ3v) is 2.05. The van der Waals surface area contributed by atoms with Gasteiger partial charge in [-0.05, 0) is 18.2 Å². The van der Waals surface area contributed by atoms with Gasteiger partial charge >= 0.3 is 5.97 Å². The molecule has 78 valence electrons. The number of aromatic amines is 1. The maximum Gasteiger partial charge on any atom is 0.401 e. The lowest BCUT2D eigenvalue weighted by molar-refractivity contribution is -0.350. The van der Waals surface area contributed by atoms with E-state index in [4.69, 9.17) is 10.8 Å². The molecule has 0 saturated carbocycles. The van der Waals surface area contributed by atoms with Crippen molar-refractivity contribution >= 4 is 22.6 Å². The average molecular weight is 225 g/mol. The third-order valence-electron chi connectivity index (χ3n) is 2.05. The lowest BCUT2D eigenvalue weighted by atomic mass is 10.2. The highest BCUT2D eigenvalue weighted by molar-refractivity contribution is 5.90. The number of aromatic nitrogens is 1. The number of para-hydroxylation sites is 1. The molecule has 1 aromatic heterocycles. The Balaban J connectivity index is 0.00000112. The van der Waals surface area contributed by atoms with Crippen LogP contribution in [0.1, 0.15) is 10.5 Å². The third kappa shape index (κ3) is 1.99. The Hall–Kier alpha value is -1.81. The molecule has 0 fully saturated rings. The molecule has 2 aromatic rings. The van der Waals surface area contributed by atoms with Crippen LogP contribution >= 0.6 is 0 Å². The first kappa shape index (κ1) is 11.3. The second-order valence-corrected chi connectivity index (χ2v) is 2.99. The zero-order valence-electron chi connectivity index (χ0n) is 7.70. The first-order chi connectivity index (χ1) is 6.68. The summed E-state index contributed by atoms with van der Waals surface area (Å²) in [6.45, 7) is 0. The number of nitrogens with two attached hydrogens (primary N) is 1. The van der Waals surface area contributed by atoms with Crippen LogP contribution in [-0.2, 0) is 0 Å². The van der Waals surface area contributed by atoms with E-state index in [2.05, 4.69) is 4.98 Å². The Labute approximate surface area is 92.1 Å². The van der Waals surface area contributed by atoms with Crippen LogP contribution in [0, 0.1) is 0 Å². The number of carboxylic acid groups (broad SMARTS) is 1. The van der Waals surface area contributed by atoms with Crippen LogP contribution in [0.5, 0.6) is 0 Å². The van der Waals surface area contributed by atoms with Gasteiger partial charge in [0.05, 0.1) is 0 Å². The molecule has 0 radical (unpaired) electrons. The van der Waals surface area contributed by atoms with Crippen LogP contribution in [0.15, 0.2) is 30.3 Å². The number of pyridine rings is 1. The lowest BCUT2D eigenvalue weighted by Crippen LogP contribution is -3.00. The Morgan fingerprint density at radius 1 is 1.27 bits per heavy atom. The first-order valence-corrected chi connectivity index (χ1v) is 4.12. The molecule has 4 nitrogen and oxygen atoms in total. The Bertz CT molecular complexity index is 514. The summed E-state index contributed by atoms with van der Waals surface area (Å²) in [5, 5.41) is 9.66. The summed E-state index contributed by atoms with van der Waals surface area (Å²) in [5.74, 6) is -0.991. The molecule has 0 bridgehead atoms. The number of anilines is 1. The van der Waals surface area contributed by atoms with Crippen molar-refractivity contribution in [3.05, 3.63) is 36.0 Å². The van der Waals surface area contributed by atoms with Crippen LogP contribution in [-0.4, -0.2) is 11.1 Å². The smallest absolute Gasteiger partial charge is 0.401 e. The molecule has 0 aliphatic carbocycles. The van der Waals surface area contributed by atoms with Gasteiger partial charge in [-0.3, -0.25) is 0 Å². The predicted octanol–water partition coefficient (Wildman–Crippen LogP) is -2.06. The van der Waals surface area contributed by atoms with Gasteiger partial charge in [0.25, 0.3) is 5.69 Å². The van der Waals surface area contributed by atoms with Gasteiger partial charge in [0, 0.05) is 11.5 Å². The number of fused-ring (bicyclic) bond motifs is 1. The molecule has 1 aromatic carbocycles. The van der Waals surface area contributed by atoms with Crippen molar-refractivity contribution in [2.24, 2.45) is 0 Å². The number of aromatic carboxylic acids is 1. The van der Waals surface area contributed by atoms with Gasteiger partial charge in [-0.1, -0.05) is 6.07 Å². The summed E-state index contributed by atoms with van der Waals surface area (Å²) >= 11 is 0. The molecule has 0 spiro atoms. The minimum absolute atomic E-state index is 0. The standard InChI is InChI=1S/C10H8N2O2.ClH/c11-7-3-1-2-6-4-5-8(10(13)14)12-9(6)7;/h1-5H,11H2,(H,13,14);1H. The number of hydrogen-bond acceptors (Lipinski definition) is 2. The lowest BCUT2D eigenvalue weighted by Gasteiger charge is -1.95. The van der Waals surface area contributed by atoms with E-state index in [9.17, 15) is 4.79 Å². The van der Waals surface area contributed by atoms with Gasteiger partial charge in [0.1, 0.15) is 5.69 Å². The molecular formula is C10H9ClN2O2. The minimum atomic E-state index is -0.991. The number of benzene rings is 1. The van der Waals surface area contributed by atoms with Crippen molar-refractivity contribution in [3.63, 3.8) is 0 Å². The fourth-order valence-electron chi connectivity index (χ4n) is 1.35. The number of halogens is 1. The topological polar surface area (TPSA) is 77.5 Å². The van der Waals surface area contributed by atoms with Crippen molar-refractivity contribution in [3.8, 4) is 0 Å². The number of nitrogens with one attached hydrogen (secondary N) is 1. The van der Waals surface area contributed by atoms with Crippen LogP contribution in [0.2, 0.25) is 0 Å². The highest BCUT2D eigenvalue weighted by atomic mass is 35.5. The average Bonchev–Trinajstić information content (AvgIpc) is 2.18. The van der Waals surface area contributed by atoms with Crippen LogP contribution in [0.25, 0.3) is 10.9 Å². The fraction of sp³-hybridized carbons (Fsp3) is 0. The molecule has 0 atom stereocenters. The summed E-state index contributed by atoms with van der Waals surface area (Å²) in [7, 11) is 0. The highest BCUT2D eigenvalue weighted by Gasteiger charge is 2.13. The summed E-state index contributed by atoms with van der Waals surface area (Å²) < 4.78 is 0. The monoisotopic (exact) mass is 224 g/mol. The maximum absolute atomic E-state index is 10.7. The highest BCUT2D eigenvalue weighted by Crippen LogP contribution is 2.15. The van der Waals surface area contributed by atoms with Crippen molar-refractivity contribution in [2.75, 3.05) is 5.73 Å². The molecule has 0 aliphatic heterocycles. The second-order valence-electron chi connectivity index (χ2n) is 2.99. The van der Waals surface area contributed by atoms with Crippen molar-refractivity contribution in [2.45, 2.75) is 0 Å². The zero-order chi connectivity index (χ0) is 10.1. The van der Waals surface area contributed by atoms with Gasteiger partial charge in [-0.25, -0.2) is 4.79 Å². The van der Waals surface area contributed by atoms with E-state index < -0.39 is 5.97 Å². The molecule has 0 saturated heterocycles. The van der Waals surface area contributed by atoms with Crippen LogP contribution in [0.4, 0.5) is 5.69 Å². The number of rotatable bonds is 1. The minimum Gasteiger partial charge on any atom is -1.00 e. The van der Waals surface area contributed by atoms with Crippen LogP contribution < -0.4 is 23.1 Å². The van der Waals surface area contributed by atoms with E-state index in [0.717, 1.165) is 5.39 Å². The zero-order valence-corrected chi connectivity index (χ0v) is 8.45. The number of hydrogen-bond donors (Lipinski definition) is 2.